The van der Waals surface area contributed by atoms with Crippen molar-refractivity contribution in [2.45, 2.75) is 62.7 Å². The summed E-state index contributed by atoms with van der Waals surface area (Å²) in [4.78, 5) is 22.7. The smallest absolute Gasteiger partial charge is 0.319 e. The van der Waals surface area contributed by atoms with E-state index in [9.17, 15) is 4.39 Å². The van der Waals surface area contributed by atoms with E-state index in [2.05, 4.69) is 14.9 Å². The number of aromatic nitrogens is 4. The molecule has 1 saturated carbocycles. The van der Waals surface area contributed by atoms with Crippen molar-refractivity contribution in [2.24, 2.45) is 0 Å². The molecular weight excluding hydrogens is 691 g/mol. The molecule has 15 heteroatoms. The lowest BCUT2D eigenvalue weighted by Crippen LogP contribution is -2.43. The highest BCUT2D eigenvalue weighted by atomic mass is 35.5. The molecule has 3 fully saturated rings. The van der Waals surface area contributed by atoms with E-state index in [1.165, 1.54) is 13.3 Å². The molecular formula is C35H37Cl2F2N7O4. The fourth-order valence-corrected chi connectivity index (χ4v) is 8.31. The summed E-state index contributed by atoms with van der Waals surface area (Å²) < 4.78 is 55.3. The third-order valence-corrected chi connectivity index (χ3v) is 10.8. The van der Waals surface area contributed by atoms with Gasteiger partial charge in [-0.05, 0) is 68.8 Å². The summed E-state index contributed by atoms with van der Waals surface area (Å²) in [5, 5.41) is 1.16. The van der Waals surface area contributed by atoms with Crippen LogP contribution in [0.2, 0.25) is 10.0 Å². The van der Waals surface area contributed by atoms with E-state index in [0.29, 0.717) is 58.1 Å². The molecule has 3 aromatic heterocycles. The number of benzene rings is 1. The Morgan fingerprint density at radius 1 is 1.14 bits per heavy atom. The fraction of sp³-hybridized carbons (Fsp3) is 0.486. The number of nitrogen functional groups attached to an aromatic ring is 1. The standard InChI is InChI=1S/C35H37Cl2F2N7O4/c1-18(23-10-20(36)14-41-31(23)40)46-8-9-48-33-27-30(43-34(44-32(27)46)49-16-35-6-3-7-45(35)15-21(38)13-35)28(39)29(42-33)24-11-22(50-17-47-2)12-25(37)26(24)19-4-5-19/h10-12,14,18-19,21H,3-9,13,15-17H2,1-2H3,(H2,40,41)/t18-,21-,35+/m1/s1. The van der Waals surface area contributed by atoms with Gasteiger partial charge in [-0.25, -0.2) is 18.7 Å². The third kappa shape index (κ3) is 5.91. The number of methoxy groups -OCH3 is 1. The van der Waals surface area contributed by atoms with Crippen molar-refractivity contribution in [1.29, 1.82) is 0 Å². The highest BCUT2D eigenvalue weighted by Gasteiger charge is 2.49. The lowest BCUT2D eigenvalue weighted by molar-refractivity contribution is 0.0511. The van der Waals surface area contributed by atoms with Crippen molar-refractivity contribution >= 4 is 45.7 Å². The maximum atomic E-state index is 17.2. The van der Waals surface area contributed by atoms with Crippen molar-refractivity contribution in [1.82, 2.24) is 24.8 Å². The molecule has 0 radical (unpaired) electrons. The normalized spacial score (nSPS) is 22.4. The summed E-state index contributed by atoms with van der Waals surface area (Å²) in [6.07, 6.45) is 4.49. The van der Waals surface area contributed by atoms with Crippen LogP contribution in [-0.2, 0) is 4.74 Å². The Balaban J connectivity index is 1.30. The Labute approximate surface area is 298 Å². The van der Waals surface area contributed by atoms with Crippen LogP contribution in [0, 0.1) is 5.82 Å². The second-order valence-electron chi connectivity index (χ2n) is 13.5. The zero-order chi connectivity index (χ0) is 34.7. The molecule has 1 aromatic carbocycles. The van der Waals surface area contributed by atoms with Gasteiger partial charge in [-0.3, -0.25) is 4.90 Å². The van der Waals surface area contributed by atoms with Gasteiger partial charge in [0.05, 0.1) is 23.1 Å². The minimum absolute atomic E-state index is 0.0133. The maximum Gasteiger partial charge on any atom is 0.319 e. The van der Waals surface area contributed by atoms with Crippen molar-refractivity contribution in [3.05, 3.63) is 51.4 Å². The summed E-state index contributed by atoms with van der Waals surface area (Å²) in [7, 11) is 1.52. The zero-order valence-corrected chi connectivity index (χ0v) is 29.2. The highest BCUT2D eigenvalue weighted by molar-refractivity contribution is 6.32. The first kappa shape index (κ1) is 33.4. The first-order chi connectivity index (χ1) is 24.2. The average Bonchev–Trinajstić information content (AvgIpc) is 3.82. The number of nitrogens with zero attached hydrogens (tertiary/aromatic N) is 6. The Morgan fingerprint density at radius 3 is 2.78 bits per heavy atom. The average molecular weight is 729 g/mol. The SMILES string of the molecule is COCOc1cc(Cl)c(C2CC2)c(-c2nc3c4c(nc(OC[C@@]56CCCN5C[C@H](F)C6)nc4c2F)N([C@H](C)c2cc(Cl)cnc2N)CCO3)c1. The van der Waals surface area contributed by atoms with E-state index in [0.717, 1.165) is 37.8 Å². The number of halogens is 4. The first-order valence-electron chi connectivity index (χ1n) is 16.8. The van der Waals surface area contributed by atoms with Gasteiger partial charge in [0.1, 0.15) is 53.4 Å². The summed E-state index contributed by atoms with van der Waals surface area (Å²) in [5.74, 6) is 0.701. The van der Waals surface area contributed by atoms with Crippen LogP contribution in [0.25, 0.3) is 22.2 Å². The number of hydrogen-bond donors (Lipinski definition) is 1. The second-order valence-corrected chi connectivity index (χ2v) is 14.4. The van der Waals surface area contributed by atoms with E-state index >= 15 is 4.39 Å². The molecule has 0 amide bonds. The summed E-state index contributed by atoms with van der Waals surface area (Å²) in [6.45, 7) is 3.80. The summed E-state index contributed by atoms with van der Waals surface area (Å²) >= 11 is 13.2. The summed E-state index contributed by atoms with van der Waals surface area (Å²) in [6, 6.07) is 4.74. The highest BCUT2D eigenvalue weighted by Crippen LogP contribution is 2.51. The molecule has 0 unspecified atom stereocenters. The number of ether oxygens (including phenoxy) is 4. The minimum Gasteiger partial charge on any atom is -0.475 e. The van der Waals surface area contributed by atoms with Crippen LogP contribution in [0.5, 0.6) is 17.6 Å². The molecule has 6 heterocycles. The van der Waals surface area contributed by atoms with Gasteiger partial charge >= 0.3 is 6.01 Å². The minimum atomic E-state index is -0.934. The number of hydrogen-bond acceptors (Lipinski definition) is 11. The van der Waals surface area contributed by atoms with Gasteiger partial charge in [0.2, 0.25) is 5.88 Å². The maximum absolute atomic E-state index is 17.2. The number of anilines is 2. The molecule has 3 atom stereocenters. The first-order valence-corrected chi connectivity index (χ1v) is 17.6. The zero-order valence-electron chi connectivity index (χ0n) is 27.7. The van der Waals surface area contributed by atoms with Crippen LogP contribution in [0.1, 0.15) is 62.1 Å². The number of alkyl halides is 1. The fourth-order valence-electron chi connectivity index (χ4n) is 7.78. The van der Waals surface area contributed by atoms with Crippen LogP contribution in [0.3, 0.4) is 0 Å². The van der Waals surface area contributed by atoms with E-state index in [1.54, 1.807) is 18.2 Å². The molecule has 264 valence electrons. The third-order valence-electron chi connectivity index (χ3n) is 10.3. The topological polar surface area (TPSA) is 121 Å². The van der Waals surface area contributed by atoms with Gasteiger partial charge in [0, 0.05) is 42.4 Å². The molecule has 8 rings (SSSR count). The van der Waals surface area contributed by atoms with E-state index < -0.39 is 23.6 Å². The molecule has 0 spiro atoms. The van der Waals surface area contributed by atoms with Gasteiger partial charge in [-0.1, -0.05) is 23.2 Å². The Bertz CT molecular complexity index is 1970. The Kier molecular flexibility index (Phi) is 8.73. The van der Waals surface area contributed by atoms with E-state index in [-0.39, 0.29) is 54.4 Å². The predicted molar refractivity (Wildman–Crippen MR) is 186 cm³/mol. The molecule has 0 bridgehead atoms. The molecule has 2 saturated heterocycles. The summed E-state index contributed by atoms with van der Waals surface area (Å²) in [5.41, 5.74) is 7.79. The van der Waals surface area contributed by atoms with Gasteiger partial charge in [0.15, 0.2) is 12.6 Å². The number of fused-ring (bicyclic) bond motifs is 1. The quantitative estimate of drug-likeness (QED) is 0.172. The number of rotatable bonds is 10. The number of nitrogens with two attached hydrogens (primary N) is 1. The van der Waals surface area contributed by atoms with Crippen molar-refractivity contribution in [3.63, 3.8) is 0 Å². The van der Waals surface area contributed by atoms with Crippen LogP contribution < -0.4 is 24.8 Å². The van der Waals surface area contributed by atoms with Crippen LogP contribution in [0.15, 0.2) is 24.4 Å². The van der Waals surface area contributed by atoms with Crippen LogP contribution in [0.4, 0.5) is 20.4 Å². The molecule has 3 aliphatic heterocycles. The lowest BCUT2D eigenvalue weighted by Gasteiger charge is -2.32. The monoisotopic (exact) mass is 727 g/mol. The van der Waals surface area contributed by atoms with Crippen LogP contribution in [-0.4, -0.2) is 83.3 Å². The van der Waals surface area contributed by atoms with Crippen LogP contribution >= 0.6 is 23.2 Å². The van der Waals surface area contributed by atoms with E-state index in [1.807, 2.05) is 11.8 Å². The second kappa shape index (κ2) is 13.1. The predicted octanol–water partition coefficient (Wildman–Crippen LogP) is 6.89. The largest absolute Gasteiger partial charge is 0.475 e. The molecule has 4 aliphatic rings. The van der Waals surface area contributed by atoms with Gasteiger partial charge in [-0.15, -0.1) is 0 Å². The van der Waals surface area contributed by atoms with Crippen molar-refractivity contribution < 1.29 is 27.7 Å². The number of pyridine rings is 2. The molecule has 4 aromatic rings. The van der Waals surface area contributed by atoms with Crippen molar-refractivity contribution in [2.75, 3.05) is 57.4 Å². The molecule has 2 N–H and O–H groups in total. The van der Waals surface area contributed by atoms with Gasteiger partial charge < -0.3 is 29.6 Å². The van der Waals surface area contributed by atoms with Gasteiger partial charge in [0.25, 0.3) is 0 Å². The van der Waals surface area contributed by atoms with Gasteiger partial charge in [-0.2, -0.15) is 9.97 Å². The molecule has 11 nitrogen and oxygen atoms in total. The Hall–Kier alpha value is -3.78. The Morgan fingerprint density at radius 2 is 1.98 bits per heavy atom. The molecule has 1 aliphatic carbocycles. The molecule has 50 heavy (non-hydrogen) atoms. The van der Waals surface area contributed by atoms with Crippen molar-refractivity contribution in [3.8, 4) is 28.9 Å². The lowest BCUT2D eigenvalue weighted by atomic mass is 9.95. The van der Waals surface area contributed by atoms with E-state index in [4.69, 9.17) is 57.9 Å².